The summed E-state index contributed by atoms with van der Waals surface area (Å²) >= 11 is 0. The minimum Gasteiger partial charge on any atom is -0.463 e. The van der Waals surface area contributed by atoms with Crippen LogP contribution < -0.4 is 0 Å². The zero-order chi connectivity index (χ0) is 11.7. The Morgan fingerprint density at radius 2 is 1.67 bits per heavy atom. The van der Waals surface area contributed by atoms with Gasteiger partial charge < -0.3 is 13.8 Å². The average molecular weight is 236 g/mol. The quantitative estimate of drug-likeness (QED) is 0.385. The van der Waals surface area contributed by atoms with Crippen molar-refractivity contribution in [3.8, 4) is 0 Å². The van der Waals surface area contributed by atoms with E-state index < -0.39 is 13.6 Å². The lowest BCUT2D eigenvalue weighted by Gasteiger charge is -2.12. The Hall–Kier alpha value is -0.640. The maximum absolute atomic E-state index is 11.8. The third-order valence-corrected chi connectivity index (χ3v) is 3.05. The molecule has 0 rings (SSSR count). The molecule has 0 N–H and O–H groups in total. The van der Waals surface area contributed by atoms with Crippen molar-refractivity contribution >= 4 is 13.6 Å². The van der Waals surface area contributed by atoms with Crippen LogP contribution in [0, 0.1) is 0 Å². The molecule has 0 unspecified atom stereocenters. The standard InChI is InChI=1S/C9H17O5P/c1-4-12-9(10)7-8-15(11,13-5-2)14-6-3/h7-8H,4-6H2,1-3H3. The molecule has 0 bridgehead atoms. The molecule has 0 fully saturated rings. The number of esters is 1. The van der Waals surface area contributed by atoms with E-state index in [9.17, 15) is 9.36 Å². The van der Waals surface area contributed by atoms with Crippen LogP contribution in [0.1, 0.15) is 20.8 Å². The van der Waals surface area contributed by atoms with Crippen LogP contribution in [0.2, 0.25) is 0 Å². The van der Waals surface area contributed by atoms with Gasteiger partial charge in [0.1, 0.15) is 0 Å². The monoisotopic (exact) mass is 236 g/mol. The van der Waals surface area contributed by atoms with Gasteiger partial charge in [-0.1, -0.05) is 0 Å². The van der Waals surface area contributed by atoms with Gasteiger partial charge >= 0.3 is 13.6 Å². The summed E-state index contributed by atoms with van der Waals surface area (Å²) in [5.74, 6) is 0.565. The molecule has 0 aromatic carbocycles. The lowest BCUT2D eigenvalue weighted by Crippen LogP contribution is -2.00. The maximum Gasteiger partial charge on any atom is 0.354 e. The van der Waals surface area contributed by atoms with Crippen molar-refractivity contribution in [2.75, 3.05) is 19.8 Å². The summed E-state index contributed by atoms with van der Waals surface area (Å²) in [6.45, 7) is 5.87. The number of hydrogen-bond donors (Lipinski definition) is 0. The predicted octanol–water partition coefficient (Wildman–Crippen LogP) is 2.33. The number of rotatable bonds is 7. The van der Waals surface area contributed by atoms with Crippen LogP contribution in [0.15, 0.2) is 11.9 Å². The molecule has 0 aliphatic heterocycles. The van der Waals surface area contributed by atoms with E-state index in [2.05, 4.69) is 4.74 Å². The van der Waals surface area contributed by atoms with Gasteiger partial charge in [0, 0.05) is 11.9 Å². The van der Waals surface area contributed by atoms with E-state index in [0.717, 1.165) is 11.9 Å². The molecule has 0 aromatic heterocycles. The highest BCUT2D eigenvalue weighted by molar-refractivity contribution is 7.57. The lowest BCUT2D eigenvalue weighted by molar-refractivity contribution is -0.137. The van der Waals surface area contributed by atoms with Gasteiger partial charge in [-0.2, -0.15) is 0 Å². The average Bonchev–Trinajstić information content (AvgIpc) is 2.16. The van der Waals surface area contributed by atoms with Crippen molar-refractivity contribution in [1.29, 1.82) is 0 Å². The summed E-state index contributed by atoms with van der Waals surface area (Å²) in [5.41, 5.74) is 0. The van der Waals surface area contributed by atoms with Crippen LogP contribution in [0.3, 0.4) is 0 Å². The molecule has 15 heavy (non-hydrogen) atoms. The van der Waals surface area contributed by atoms with E-state index in [0.29, 0.717) is 0 Å². The largest absolute Gasteiger partial charge is 0.463 e. The Morgan fingerprint density at radius 1 is 1.13 bits per heavy atom. The molecule has 0 saturated heterocycles. The molecule has 0 aliphatic rings. The van der Waals surface area contributed by atoms with Gasteiger partial charge in [-0.05, 0) is 20.8 Å². The minimum atomic E-state index is -3.28. The molecule has 0 aromatic rings. The number of carbonyl (C=O) groups excluding carboxylic acids is 1. The molecular weight excluding hydrogens is 219 g/mol. The molecule has 5 nitrogen and oxygen atoms in total. The second kappa shape index (κ2) is 7.63. The van der Waals surface area contributed by atoms with Gasteiger partial charge in [0.05, 0.1) is 19.8 Å². The molecule has 0 spiro atoms. The zero-order valence-corrected chi connectivity index (χ0v) is 10.2. The first-order valence-corrected chi connectivity index (χ1v) is 6.44. The first kappa shape index (κ1) is 14.4. The van der Waals surface area contributed by atoms with Crippen LogP contribution >= 0.6 is 7.60 Å². The van der Waals surface area contributed by atoms with E-state index >= 15 is 0 Å². The molecule has 6 heteroatoms. The van der Waals surface area contributed by atoms with Crippen molar-refractivity contribution in [3.63, 3.8) is 0 Å². The molecule has 0 atom stereocenters. The van der Waals surface area contributed by atoms with Crippen LogP contribution in [0.4, 0.5) is 0 Å². The molecule has 0 heterocycles. The molecule has 0 saturated carbocycles. The highest BCUT2D eigenvalue weighted by atomic mass is 31.2. The second-order valence-electron chi connectivity index (χ2n) is 2.44. The van der Waals surface area contributed by atoms with Crippen LogP contribution in [-0.2, 0) is 23.1 Å². The van der Waals surface area contributed by atoms with Crippen molar-refractivity contribution < 1.29 is 23.1 Å². The fraction of sp³-hybridized carbons (Fsp3) is 0.667. The van der Waals surface area contributed by atoms with Crippen molar-refractivity contribution in [3.05, 3.63) is 11.9 Å². The summed E-state index contributed by atoms with van der Waals surface area (Å²) in [6, 6.07) is 0. The van der Waals surface area contributed by atoms with E-state index in [4.69, 9.17) is 9.05 Å². The van der Waals surface area contributed by atoms with Crippen LogP contribution in [-0.4, -0.2) is 25.8 Å². The van der Waals surface area contributed by atoms with Gasteiger partial charge in [0.15, 0.2) is 0 Å². The summed E-state index contributed by atoms with van der Waals surface area (Å²) in [6.07, 6.45) is 1.07. The number of ether oxygens (including phenoxy) is 1. The number of carbonyl (C=O) groups is 1. The fourth-order valence-electron chi connectivity index (χ4n) is 0.826. The Kier molecular flexibility index (Phi) is 7.30. The summed E-state index contributed by atoms with van der Waals surface area (Å²) in [7, 11) is -3.28. The van der Waals surface area contributed by atoms with Crippen molar-refractivity contribution in [2.45, 2.75) is 20.8 Å². The van der Waals surface area contributed by atoms with E-state index in [1.807, 2.05) is 0 Å². The summed E-state index contributed by atoms with van der Waals surface area (Å²) < 4.78 is 26.3. The highest BCUT2D eigenvalue weighted by Crippen LogP contribution is 2.49. The molecular formula is C9H17O5P. The van der Waals surface area contributed by atoms with Gasteiger partial charge in [-0.3, -0.25) is 4.57 Å². The third-order valence-electron chi connectivity index (χ3n) is 1.30. The van der Waals surface area contributed by atoms with Gasteiger partial charge in [-0.15, -0.1) is 0 Å². The van der Waals surface area contributed by atoms with Crippen molar-refractivity contribution in [2.24, 2.45) is 0 Å². The smallest absolute Gasteiger partial charge is 0.354 e. The van der Waals surface area contributed by atoms with Gasteiger partial charge in [0.2, 0.25) is 0 Å². The van der Waals surface area contributed by atoms with E-state index in [1.165, 1.54) is 0 Å². The Balaban J connectivity index is 4.39. The third kappa shape index (κ3) is 6.44. The van der Waals surface area contributed by atoms with E-state index in [-0.39, 0.29) is 19.8 Å². The maximum atomic E-state index is 11.8. The highest BCUT2D eigenvalue weighted by Gasteiger charge is 2.19. The van der Waals surface area contributed by atoms with Gasteiger partial charge in [-0.25, -0.2) is 4.79 Å². The SMILES string of the molecule is CCOC(=O)C=CP(=O)(OCC)OCC. The zero-order valence-electron chi connectivity index (χ0n) is 9.26. The van der Waals surface area contributed by atoms with Gasteiger partial charge in [0.25, 0.3) is 0 Å². The van der Waals surface area contributed by atoms with Crippen LogP contribution in [0.5, 0.6) is 0 Å². The Morgan fingerprint density at radius 3 is 2.07 bits per heavy atom. The number of hydrogen-bond acceptors (Lipinski definition) is 5. The van der Waals surface area contributed by atoms with Crippen LogP contribution in [0.25, 0.3) is 0 Å². The lowest BCUT2D eigenvalue weighted by atomic mass is 10.6. The first-order valence-electron chi connectivity index (χ1n) is 4.82. The molecule has 0 radical (unpaired) electrons. The Labute approximate surface area is 89.9 Å². The Bertz CT molecular complexity index is 251. The minimum absolute atomic E-state index is 0.254. The summed E-state index contributed by atoms with van der Waals surface area (Å²) in [5, 5.41) is 0. The second-order valence-corrected chi connectivity index (χ2v) is 4.34. The van der Waals surface area contributed by atoms with E-state index in [1.54, 1.807) is 20.8 Å². The molecule has 0 amide bonds. The molecule has 0 aliphatic carbocycles. The molecule has 88 valence electrons. The topological polar surface area (TPSA) is 61.8 Å². The fourth-order valence-corrected chi connectivity index (χ4v) is 2.10. The normalized spacial score (nSPS) is 11.9. The summed E-state index contributed by atoms with van der Waals surface area (Å²) in [4.78, 5) is 11.0. The predicted molar refractivity (Wildman–Crippen MR) is 56.6 cm³/mol. The first-order chi connectivity index (χ1) is 7.08. The van der Waals surface area contributed by atoms with Crippen molar-refractivity contribution in [1.82, 2.24) is 0 Å².